The van der Waals surface area contributed by atoms with Gasteiger partial charge in [-0.15, -0.1) is 0 Å². The minimum absolute atomic E-state index is 0.107. The number of ether oxygens (including phenoxy) is 1. The molecule has 1 aromatic carbocycles. The van der Waals surface area contributed by atoms with Crippen LogP contribution in [0.3, 0.4) is 0 Å². The Hall–Kier alpha value is -3.00. The Kier molecular flexibility index (Phi) is 4.49. The van der Waals surface area contributed by atoms with E-state index in [9.17, 15) is 9.18 Å². The minimum Gasteiger partial charge on any atom is -0.492 e. The highest BCUT2D eigenvalue weighted by atomic mass is 19.1. The van der Waals surface area contributed by atoms with Gasteiger partial charge in [-0.25, -0.2) is 13.9 Å². The molecule has 1 aliphatic heterocycles. The molecule has 0 aliphatic carbocycles. The van der Waals surface area contributed by atoms with E-state index in [-0.39, 0.29) is 18.8 Å². The smallest absolute Gasteiger partial charge is 0.270 e. The zero-order valence-electron chi connectivity index (χ0n) is 14.9. The van der Waals surface area contributed by atoms with Crippen molar-refractivity contribution in [1.82, 2.24) is 25.2 Å². The standard InChI is InChI=1S/C19H20FN5O2/c1-19(20)11-21-6-8-27-14-4-2-3-13(9-14)15-10-23-25-7-5-16(24-17(15)25)18(26)22-12-19/h2-5,7,9-10,21H,6,8,11-12H2,1H3,(H,22,26). The van der Waals surface area contributed by atoms with Gasteiger partial charge in [-0.2, -0.15) is 5.10 Å². The maximum absolute atomic E-state index is 14.6. The molecule has 1 amide bonds. The lowest BCUT2D eigenvalue weighted by molar-refractivity contribution is 0.0904. The number of alkyl halides is 1. The third-order valence-corrected chi connectivity index (χ3v) is 4.41. The normalized spacial score (nSPS) is 21.0. The Labute approximate surface area is 155 Å². The Morgan fingerprint density at radius 2 is 2.19 bits per heavy atom. The number of hydrogen-bond donors (Lipinski definition) is 2. The van der Waals surface area contributed by atoms with Gasteiger partial charge in [-0.05, 0) is 30.7 Å². The van der Waals surface area contributed by atoms with Gasteiger partial charge in [0, 0.05) is 24.8 Å². The number of halogens is 1. The number of aromatic nitrogens is 3. The van der Waals surface area contributed by atoms with Crippen LogP contribution in [-0.2, 0) is 0 Å². The first-order chi connectivity index (χ1) is 13.0. The molecule has 3 heterocycles. The molecule has 1 aliphatic rings. The van der Waals surface area contributed by atoms with Crippen molar-refractivity contribution in [3.05, 3.63) is 48.4 Å². The predicted octanol–water partition coefficient (Wildman–Crippen LogP) is 1.84. The molecule has 7 nitrogen and oxygen atoms in total. The second kappa shape index (κ2) is 6.96. The molecule has 140 valence electrons. The highest BCUT2D eigenvalue weighted by Gasteiger charge is 2.24. The monoisotopic (exact) mass is 369 g/mol. The van der Waals surface area contributed by atoms with Gasteiger partial charge in [0.2, 0.25) is 0 Å². The molecule has 0 radical (unpaired) electrons. The predicted molar refractivity (Wildman–Crippen MR) is 98.6 cm³/mol. The summed E-state index contributed by atoms with van der Waals surface area (Å²) in [4.78, 5) is 16.9. The summed E-state index contributed by atoms with van der Waals surface area (Å²) in [6.45, 7) is 2.34. The van der Waals surface area contributed by atoms with Crippen LogP contribution < -0.4 is 15.4 Å². The molecular formula is C19H20FN5O2. The Balaban J connectivity index is 1.76. The number of nitrogens with zero attached hydrogens (tertiary/aromatic N) is 3. The van der Waals surface area contributed by atoms with Gasteiger partial charge in [0.1, 0.15) is 23.7 Å². The van der Waals surface area contributed by atoms with Crippen molar-refractivity contribution < 1.29 is 13.9 Å². The van der Waals surface area contributed by atoms with Crippen LogP contribution in [0.25, 0.3) is 16.8 Å². The van der Waals surface area contributed by atoms with Crippen LogP contribution >= 0.6 is 0 Å². The molecule has 0 spiro atoms. The van der Waals surface area contributed by atoms with Crippen LogP contribution in [0.1, 0.15) is 17.4 Å². The summed E-state index contributed by atoms with van der Waals surface area (Å²) in [5.41, 5.74) is 0.863. The first-order valence-electron chi connectivity index (χ1n) is 8.77. The van der Waals surface area contributed by atoms with Gasteiger partial charge >= 0.3 is 0 Å². The Morgan fingerprint density at radius 1 is 1.30 bits per heavy atom. The fraction of sp³-hybridized carbons (Fsp3) is 0.316. The zero-order chi connectivity index (χ0) is 18.9. The van der Waals surface area contributed by atoms with E-state index in [2.05, 4.69) is 20.7 Å². The van der Waals surface area contributed by atoms with E-state index in [0.29, 0.717) is 24.5 Å². The van der Waals surface area contributed by atoms with E-state index in [1.807, 2.05) is 24.3 Å². The number of carbonyl (C=O) groups excluding carboxylic acids is 1. The van der Waals surface area contributed by atoms with Gasteiger partial charge in [-0.1, -0.05) is 12.1 Å². The van der Waals surface area contributed by atoms with Crippen LogP contribution in [0.5, 0.6) is 5.75 Å². The second-order valence-electron chi connectivity index (χ2n) is 6.79. The lowest BCUT2D eigenvalue weighted by Crippen LogP contribution is -2.45. The highest BCUT2D eigenvalue weighted by molar-refractivity contribution is 5.93. The van der Waals surface area contributed by atoms with Crippen molar-refractivity contribution in [2.24, 2.45) is 0 Å². The number of rotatable bonds is 0. The third kappa shape index (κ3) is 3.75. The fourth-order valence-electron chi connectivity index (χ4n) is 2.96. The maximum Gasteiger partial charge on any atom is 0.270 e. The van der Waals surface area contributed by atoms with Crippen LogP contribution in [0.2, 0.25) is 0 Å². The summed E-state index contributed by atoms with van der Waals surface area (Å²) in [6, 6.07) is 9.16. The SMILES string of the molecule is CC1(F)CNCCOc2cccc(c2)-c2cnn3ccc(nc23)C(=O)NC1. The van der Waals surface area contributed by atoms with Gasteiger partial charge in [-0.3, -0.25) is 4.79 Å². The van der Waals surface area contributed by atoms with Crippen LogP contribution in [0.4, 0.5) is 4.39 Å². The molecule has 2 aromatic heterocycles. The molecule has 1 atom stereocenters. The molecule has 0 saturated carbocycles. The van der Waals surface area contributed by atoms with Crippen molar-refractivity contribution in [3.63, 3.8) is 0 Å². The van der Waals surface area contributed by atoms with Crippen LogP contribution in [-0.4, -0.2) is 52.4 Å². The van der Waals surface area contributed by atoms with E-state index in [1.165, 1.54) is 6.92 Å². The molecule has 4 rings (SSSR count). The summed E-state index contributed by atoms with van der Waals surface area (Å²) in [6.07, 6.45) is 3.37. The molecule has 0 fully saturated rings. The first kappa shape index (κ1) is 17.4. The maximum atomic E-state index is 14.6. The summed E-state index contributed by atoms with van der Waals surface area (Å²) in [5, 5.41) is 9.93. The average Bonchev–Trinajstić information content (AvgIpc) is 3.08. The molecule has 1 unspecified atom stereocenters. The summed E-state index contributed by atoms with van der Waals surface area (Å²) < 4.78 is 21.9. The fourth-order valence-corrected chi connectivity index (χ4v) is 2.96. The summed E-state index contributed by atoms with van der Waals surface area (Å²) in [5.74, 6) is 0.287. The summed E-state index contributed by atoms with van der Waals surface area (Å²) in [7, 11) is 0. The molecule has 4 bridgehead atoms. The Morgan fingerprint density at radius 3 is 3.07 bits per heavy atom. The topological polar surface area (TPSA) is 80.6 Å². The van der Waals surface area contributed by atoms with E-state index in [0.717, 1.165) is 11.1 Å². The lowest BCUT2D eigenvalue weighted by atomic mass is 10.1. The number of hydrogen-bond acceptors (Lipinski definition) is 5. The molecule has 0 saturated heterocycles. The molecular weight excluding hydrogens is 349 g/mol. The zero-order valence-corrected chi connectivity index (χ0v) is 14.9. The van der Waals surface area contributed by atoms with Gasteiger partial charge in [0.25, 0.3) is 5.91 Å². The van der Waals surface area contributed by atoms with Gasteiger partial charge in [0.15, 0.2) is 5.65 Å². The van der Waals surface area contributed by atoms with Crippen molar-refractivity contribution in [1.29, 1.82) is 0 Å². The number of amides is 1. The molecule has 8 heteroatoms. The number of carbonyl (C=O) groups is 1. The molecule has 27 heavy (non-hydrogen) atoms. The van der Waals surface area contributed by atoms with Crippen molar-refractivity contribution >= 4 is 11.6 Å². The van der Waals surface area contributed by atoms with E-state index in [4.69, 9.17) is 4.74 Å². The number of benzene rings is 1. The van der Waals surface area contributed by atoms with Crippen molar-refractivity contribution in [3.8, 4) is 16.9 Å². The highest BCUT2D eigenvalue weighted by Crippen LogP contribution is 2.27. The van der Waals surface area contributed by atoms with E-state index >= 15 is 0 Å². The summed E-state index contributed by atoms with van der Waals surface area (Å²) >= 11 is 0. The molecule has 2 N–H and O–H groups in total. The van der Waals surface area contributed by atoms with Crippen LogP contribution in [0.15, 0.2) is 42.7 Å². The third-order valence-electron chi connectivity index (χ3n) is 4.41. The number of fused-ring (bicyclic) bond motifs is 4. The first-order valence-corrected chi connectivity index (χ1v) is 8.77. The molecule has 3 aromatic rings. The van der Waals surface area contributed by atoms with E-state index in [1.54, 1.807) is 23.0 Å². The van der Waals surface area contributed by atoms with Gasteiger partial charge < -0.3 is 15.4 Å². The average molecular weight is 369 g/mol. The quantitative estimate of drug-likeness (QED) is 0.632. The lowest BCUT2D eigenvalue weighted by Gasteiger charge is -2.21. The largest absolute Gasteiger partial charge is 0.492 e. The van der Waals surface area contributed by atoms with Crippen LogP contribution in [0, 0.1) is 0 Å². The van der Waals surface area contributed by atoms with E-state index < -0.39 is 11.6 Å². The van der Waals surface area contributed by atoms with Crippen molar-refractivity contribution in [2.75, 3.05) is 26.2 Å². The van der Waals surface area contributed by atoms with Gasteiger partial charge in [0.05, 0.1) is 12.7 Å². The van der Waals surface area contributed by atoms with Crippen molar-refractivity contribution in [2.45, 2.75) is 12.6 Å². The second-order valence-corrected chi connectivity index (χ2v) is 6.79. The minimum atomic E-state index is -1.58. The number of nitrogens with one attached hydrogen (secondary N) is 2. The Bertz CT molecular complexity index is 985.